The summed E-state index contributed by atoms with van der Waals surface area (Å²) in [7, 11) is 3.03. The van der Waals surface area contributed by atoms with Crippen molar-refractivity contribution in [2.75, 3.05) is 19.5 Å². The molecule has 0 radical (unpaired) electrons. The molecular formula is C21H25NO6. The van der Waals surface area contributed by atoms with Gasteiger partial charge < -0.3 is 24.3 Å². The Kier molecular flexibility index (Phi) is 7.26. The number of ether oxygens (including phenoxy) is 4. The van der Waals surface area contributed by atoms with E-state index in [0.29, 0.717) is 22.9 Å². The van der Waals surface area contributed by atoms with Crippen LogP contribution in [0.3, 0.4) is 0 Å². The Bertz CT molecular complexity index is 835. The lowest BCUT2D eigenvalue weighted by molar-refractivity contribution is -0.159. The van der Waals surface area contributed by atoms with Crippen LogP contribution in [0.15, 0.2) is 42.5 Å². The summed E-state index contributed by atoms with van der Waals surface area (Å²) >= 11 is 0. The lowest BCUT2D eigenvalue weighted by atomic mass is 10.2. The van der Waals surface area contributed by atoms with Gasteiger partial charge >= 0.3 is 5.97 Å². The second kappa shape index (κ2) is 9.64. The van der Waals surface area contributed by atoms with Crippen molar-refractivity contribution in [3.05, 3.63) is 48.0 Å². The number of methoxy groups -OCH3 is 2. The van der Waals surface area contributed by atoms with E-state index in [4.69, 9.17) is 18.9 Å². The van der Waals surface area contributed by atoms with E-state index in [0.717, 1.165) is 5.56 Å². The molecule has 0 aliphatic heterocycles. The number of carbonyl (C=O) groups is 2. The van der Waals surface area contributed by atoms with Gasteiger partial charge in [-0.15, -0.1) is 0 Å². The fraction of sp³-hybridized carbons (Fsp3) is 0.333. The van der Waals surface area contributed by atoms with Crippen LogP contribution in [0.4, 0.5) is 5.69 Å². The monoisotopic (exact) mass is 387 g/mol. The largest absolute Gasteiger partial charge is 0.493 e. The third kappa shape index (κ3) is 5.64. The van der Waals surface area contributed by atoms with Gasteiger partial charge in [0, 0.05) is 11.8 Å². The summed E-state index contributed by atoms with van der Waals surface area (Å²) in [5.74, 6) is 0.485. The molecular weight excluding hydrogens is 362 g/mol. The van der Waals surface area contributed by atoms with E-state index in [1.807, 2.05) is 25.1 Å². The van der Waals surface area contributed by atoms with Gasteiger partial charge in [-0.1, -0.05) is 12.1 Å². The number of amides is 1. The Balaban J connectivity index is 1.93. The number of anilines is 1. The third-order valence-electron chi connectivity index (χ3n) is 3.95. The van der Waals surface area contributed by atoms with Gasteiger partial charge in [0.05, 0.1) is 14.2 Å². The molecule has 2 aromatic rings. The fourth-order valence-electron chi connectivity index (χ4n) is 2.42. The van der Waals surface area contributed by atoms with Gasteiger partial charge in [-0.2, -0.15) is 0 Å². The molecule has 28 heavy (non-hydrogen) atoms. The number of hydrogen-bond acceptors (Lipinski definition) is 6. The SMILES string of the molecule is COc1ccc(NC(=O)[C@@H](C)OC(=O)[C@@H](C)Oc2cccc(C)c2)cc1OC. The number of benzene rings is 2. The van der Waals surface area contributed by atoms with Crippen LogP contribution in [0.25, 0.3) is 0 Å². The van der Waals surface area contributed by atoms with Crippen LogP contribution in [-0.2, 0) is 14.3 Å². The zero-order valence-electron chi connectivity index (χ0n) is 16.6. The number of rotatable bonds is 8. The standard InChI is InChI=1S/C21H25NO6/c1-13-7-6-8-17(11-13)27-15(3)21(24)28-14(2)20(23)22-16-9-10-18(25-4)19(12-16)26-5/h6-12,14-15H,1-5H3,(H,22,23)/t14-,15-/m1/s1. The molecule has 0 saturated carbocycles. The first-order chi connectivity index (χ1) is 13.3. The predicted molar refractivity (Wildman–Crippen MR) is 105 cm³/mol. The first kappa shape index (κ1) is 21.1. The van der Waals surface area contributed by atoms with E-state index in [9.17, 15) is 9.59 Å². The fourth-order valence-corrected chi connectivity index (χ4v) is 2.42. The van der Waals surface area contributed by atoms with Crippen molar-refractivity contribution >= 4 is 17.6 Å². The summed E-state index contributed by atoms with van der Waals surface area (Å²) in [6, 6.07) is 12.3. The minimum atomic E-state index is -0.996. The lowest BCUT2D eigenvalue weighted by Gasteiger charge is -2.18. The molecule has 2 rings (SSSR count). The van der Waals surface area contributed by atoms with Crippen molar-refractivity contribution in [1.29, 1.82) is 0 Å². The molecule has 0 aliphatic carbocycles. The van der Waals surface area contributed by atoms with E-state index in [1.165, 1.54) is 21.1 Å². The van der Waals surface area contributed by atoms with Gasteiger partial charge in [0.1, 0.15) is 5.75 Å². The van der Waals surface area contributed by atoms with Gasteiger partial charge in [0.15, 0.2) is 23.7 Å². The van der Waals surface area contributed by atoms with Crippen LogP contribution in [0.2, 0.25) is 0 Å². The zero-order chi connectivity index (χ0) is 20.7. The van der Waals surface area contributed by atoms with Gasteiger partial charge in [-0.05, 0) is 50.6 Å². The zero-order valence-corrected chi connectivity index (χ0v) is 16.6. The summed E-state index contributed by atoms with van der Waals surface area (Å²) in [6.45, 7) is 4.99. The normalized spacial score (nSPS) is 12.5. The summed E-state index contributed by atoms with van der Waals surface area (Å²) in [4.78, 5) is 24.5. The average molecular weight is 387 g/mol. The summed E-state index contributed by atoms with van der Waals surface area (Å²) in [5.41, 5.74) is 1.51. The molecule has 0 heterocycles. The molecule has 1 N–H and O–H groups in total. The molecule has 7 nitrogen and oxygen atoms in total. The van der Waals surface area contributed by atoms with E-state index in [1.54, 1.807) is 31.2 Å². The number of esters is 1. The molecule has 150 valence electrons. The Labute approximate surface area is 164 Å². The van der Waals surface area contributed by atoms with Crippen LogP contribution in [0.5, 0.6) is 17.2 Å². The molecule has 2 atom stereocenters. The molecule has 0 aliphatic rings. The lowest BCUT2D eigenvalue weighted by Crippen LogP contribution is -2.35. The topological polar surface area (TPSA) is 83.1 Å². The Morgan fingerprint density at radius 1 is 0.929 bits per heavy atom. The molecule has 0 spiro atoms. The van der Waals surface area contributed by atoms with Crippen molar-refractivity contribution < 1.29 is 28.5 Å². The van der Waals surface area contributed by atoms with Gasteiger partial charge in [0.25, 0.3) is 5.91 Å². The molecule has 0 saturated heterocycles. The highest BCUT2D eigenvalue weighted by Crippen LogP contribution is 2.29. The first-order valence-corrected chi connectivity index (χ1v) is 8.80. The van der Waals surface area contributed by atoms with E-state index < -0.39 is 24.1 Å². The quantitative estimate of drug-likeness (QED) is 0.700. The Morgan fingerprint density at radius 2 is 1.64 bits per heavy atom. The predicted octanol–water partition coefficient (Wildman–Crippen LogP) is 3.35. The number of nitrogens with one attached hydrogen (secondary N) is 1. The first-order valence-electron chi connectivity index (χ1n) is 8.80. The summed E-state index contributed by atoms with van der Waals surface area (Å²) < 4.78 is 21.2. The molecule has 0 aromatic heterocycles. The van der Waals surface area contributed by atoms with Gasteiger partial charge in [-0.3, -0.25) is 4.79 Å². The maximum Gasteiger partial charge on any atom is 0.347 e. The molecule has 1 amide bonds. The Hall–Kier alpha value is -3.22. The van der Waals surface area contributed by atoms with E-state index >= 15 is 0 Å². The van der Waals surface area contributed by atoms with Gasteiger partial charge in [-0.25, -0.2) is 4.79 Å². The maximum absolute atomic E-state index is 12.3. The molecule has 0 unspecified atom stereocenters. The van der Waals surface area contributed by atoms with E-state index in [2.05, 4.69) is 5.32 Å². The highest BCUT2D eigenvalue weighted by Gasteiger charge is 2.23. The summed E-state index contributed by atoms with van der Waals surface area (Å²) in [5, 5.41) is 2.68. The highest BCUT2D eigenvalue weighted by molar-refractivity contribution is 5.95. The Morgan fingerprint density at radius 3 is 2.29 bits per heavy atom. The number of hydrogen-bond donors (Lipinski definition) is 1. The highest BCUT2D eigenvalue weighted by atomic mass is 16.6. The van der Waals surface area contributed by atoms with Crippen molar-refractivity contribution in [2.24, 2.45) is 0 Å². The second-order valence-electron chi connectivity index (χ2n) is 6.21. The molecule has 0 bridgehead atoms. The van der Waals surface area contributed by atoms with Crippen molar-refractivity contribution in [2.45, 2.75) is 33.0 Å². The average Bonchev–Trinajstić information content (AvgIpc) is 2.67. The molecule has 2 aromatic carbocycles. The third-order valence-corrected chi connectivity index (χ3v) is 3.95. The van der Waals surface area contributed by atoms with Crippen LogP contribution >= 0.6 is 0 Å². The van der Waals surface area contributed by atoms with Crippen LogP contribution in [0, 0.1) is 6.92 Å². The van der Waals surface area contributed by atoms with Crippen molar-refractivity contribution in [3.63, 3.8) is 0 Å². The van der Waals surface area contributed by atoms with Crippen LogP contribution in [0.1, 0.15) is 19.4 Å². The van der Waals surface area contributed by atoms with E-state index in [-0.39, 0.29) is 0 Å². The minimum Gasteiger partial charge on any atom is -0.493 e. The van der Waals surface area contributed by atoms with Gasteiger partial charge in [0.2, 0.25) is 0 Å². The molecule has 7 heteroatoms. The smallest absolute Gasteiger partial charge is 0.347 e. The second-order valence-corrected chi connectivity index (χ2v) is 6.21. The van der Waals surface area contributed by atoms with Crippen LogP contribution < -0.4 is 19.5 Å². The summed E-state index contributed by atoms with van der Waals surface area (Å²) in [6.07, 6.45) is -1.85. The number of carbonyl (C=O) groups excluding carboxylic acids is 2. The van der Waals surface area contributed by atoms with Crippen molar-refractivity contribution in [1.82, 2.24) is 0 Å². The molecule has 0 fully saturated rings. The minimum absolute atomic E-state index is 0.469. The number of aryl methyl sites for hydroxylation is 1. The van der Waals surface area contributed by atoms with Crippen LogP contribution in [-0.4, -0.2) is 38.3 Å². The van der Waals surface area contributed by atoms with Crippen molar-refractivity contribution in [3.8, 4) is 17.2 Å². The maximum atomic E-state index is 12.3.